The number of benzene rings is 1. The van der Waals surface area contributed by atoms with Crippen LogP contribution in [-0.2, 0) is 17.5 Å². The molecule has 5 heteroatoms. The second-order valence-electron chi connectivity index (χ2n) is 5.37. The van der Waals surface area contributed by atoms with E-state index in [2.05, 4.69) is 4.90 Å². The Bertz CT molecular complexity index is 484. The molecule has 2 rings (SSSR count). The Balaban J connectivity index is 2.08. The summed E-state index contributed by atoms with van der Waals surface area (Å²) in [6, 6.07) is 5.60. The number of halogens is 3. The summed E-state index contributed by atoms with van der Waals surface area (Å²) in [6.45, 7) is 2.87. The normalized spacial score (nSPS) is 20.3. The lowest BCUT2D eigenvalue weighted by Crippen LogP contribution is -2.30. The van der Waals surface area contributed by atoms with Crippen molar-refractivity contribution >= 4 is 5.78 Å². The molecule has 0 amide bonds. The fourth-order valence-electron chi connectivity index (χ4n) is 2.75. The number of carbonyl (C=O) groups is 1. The summed E-state index contributed by atoms with van der Waals surface area (Å²) in [4.78, 5) is 13.3. The minimum atomic E-state index is -4.31. The lowest BCUT2D eigenvalue weighted by atomic mass is 10.1. The SMILES string of the molecule is CC(=O)CC1CCCN1Cc1cccc(C(F)(F)F)c1. The van der Waals surface area contributed by atoms with Gasteiger partial charge in [-0.25, -0.2) is 0 Å². The maximum absolute atomic E-state index is 12.7. The average Bonchev–Trinajstić information content (AvgIpc) is 2.75. The molecule has 0 N–H and O–H groups in total. The van der Waals surface area contributed by atoms with Crippen LogP contribution in [0.25, 0.3) is 0 Å². The van der Waals surface area contributed by atoms with Crippen LogP contribution >= 0.6 is 0 Å². The van der Waals surface area contributed by atoms with Gasteiger partial charge in [0.05, 0.1) is 5.56 Å². The molecule has 2 nitrogen and oxygen atoms in total. The van der Waals surface area contributed by atoms with E-state index >= 15 is 0 Å². The third-order valence-electron chi connectivity index (χ3n) is 3.66. The Morgan fingerprint density at radius 2 is 2.15 bits per heavy atom. The summed E-state index contributed by atoms with van der Waals surface area (Å²) < 4.78 is 38.0. The highest BCUT2D eigenvalue weighted by Gasteiger charge is 2.31. The lowest BCUT2D eigenvalue weighted by Gasteiger charge is -2.24. The van der Waals surface area contributed by atoms with E-state index in [4.69, 9.17) is 0 Å². The van der Waals surface area contributed by atoms with Crippen molar-refractivity contribution in [3.05, 3.63) is 35.4 Å². The van der Waals surface area contributed by atoms with E-state index in [1.54, 1.807) is 13.0 Å². The van der Waals surface area contributed by atoms with Crippen LogP contribution in [0.3, 0.4) is 0 Å². The third kappa shape index (κ3) is 3.82. The number of alkyl halides is 3. The smallest absolute Gasteiger partial charge is 0.300 e. The third-order valence-corrected chi connectivity index (χ3v) is 3.66. The number of hydrogen-bond donors (Lipinski definition) is 0. The molecule has 1 fully saturated rings. The van der Waals surface area contributed by atoms with Crippen LogP contribution < -0.4 is 0 Å². The van der Waals surface area contributed by atoms with E-state index in [1.165, 1.54) is 12.1 Å². The van der Waals surface area contributed by atoms with Gasteiger partial charge in [0.25, 0.3) is 0 Å². The monoisotopic (exact) mass is 285 g/mol. The average molecular weight is 285 g/mol. The number of likely N-dealkylation sites (tertiary alicyclic amines) is 1. The number of carbonyl (C=O) groups excluding carboxylic acids is 1. The Kier molecular flexibility index (Phi) is 4.48. The molecule has 0 radical (unpaired) electrons. The molecule has 0 spiro atoms. The quantitative estimate of drug-likeness (QED) is 0.841. The molecule has 1 atom stereocenters. The Labute approximate surface area is 116 Å². The Morgan fingerprint density at radius 3 is 2.80 bits per heavy atom. The largest absolute Gasteiger partial charge is 0.416 e. The zero-order valence-corrected chi connectivity index (χ0v) is 11.4. The van der Waals surface area contributed by atoms with Crippen LogP contribution in [0.15, 0.2) is 24.3 Å². The minimum absolute atomic E-state index is 0.131. The molecule has 1 heterocycles. The lowest BCUT2D eigenvalue weighted by molar-refractivity contribution is -0.137. The topological polar surface area (TPSA) is 20.3 Å². The van der Waals surface area contributed by atoms with Crippen molar-refractivity contribution in [1.29, 1.82) is 0 Å². The predicted molar refractivity (Wildman–Crippen MR) is 70.2 cm³/mol. The molecule has 0 bridgehead atoms. The second-order valence-corrected chi connectivity index (χ2v) is 5.37. The molecule has 110 valence electrons. The van der Waals surface area contributed by atoms with Gasteiger partial charge in [-0.15, -0.1) is 0 Å². The van der Waals surface area contributed by atoms with Crippen LogP contribution in [0.4, 0.5) is 13.2 Å². The van der Waals surface area contributed by atoms with Gasteiger partial charge < -0.3 is 0 Å². The van der Waals surface area contributed by atoms with Crippen molar-refractivity contribution in [3.63, 3.8) is 0 Å². The maximum atomic E-state index is 12.7. The molecule has 20 heavy (non-hydrogen) atoms. The minimum Gasteiger partial charge on any atom is -0.300 e. The summed E-state index contributed by atoms with van der Waals surface area (Å²) >= 11 is 0. The first-order valence-corrected chi connectivity index (χ1v) is 6.76. The standard InChI is InChI=1S/C15H18F3NO/c1-11(20)8-14-6-3-7-19(14)10-12-4-2-5-13(9-12)15(16,17)18/h2,4-5,9,14H,3,6-8,10H2,1H3. The predicted octanol–water partition coefficient (Wildman–Crippen LogP) is 3.65. The van der Waals surface area contributed by atoms with Crippen molar-refractivity contribution in [2.45, 2.75) is 44.9 Å². The molecule has 1 saturated heterocycles. The fraction of sp³-hybridized carbons (Fsp3) is 0.533. The van der Waals surface area contributed by atoms with Gasteiger partial charge >= 0.3 is 6.18 Å². The highest BCUT2D eigenvalue weighted by molar-refractivity contribution is 5.76. The Hall–Kier alpha value is -1.36. The number of Topliss-reactive ketones (excluding diaryl/α,β-unsaturated/α-hetero) is 1. The molecule has 1 aliphatic heterocycles. The summed E-state index contributed by atoms with van der Waals surface area (Å²) in [5.74, 6) is 0.131. The van der Waals surface area contributed by atoms with Gasteiger partial charge in [0.15, 0.2) is 0 Å². The van der Waals surface area contributed by atoms with Crippen LogP contribution in [-0.4, -0.2) is 23.3 Å². The van der Waals surface area contributed by atoms with E-state index in [-0.39, 0.29) is 11.8 Å². The molecule has 0 aliphatic carbocycles. The van der Waals surface area contributed by atoms with Gasteiger partial charge in [0, 0.05) is 19.0 Å². The van der Waals surface area contributed by atoms with Crippen LogP contribution in [0.5, 0.6) is 0 Å². The molecule has 0 aromatic heterocycles. The van der Waals surface area contributed by atoms with Crippen LogP contribution in [0.1, 0.15) is 37.3 Å². The second kappa shape index (κ2) is 5.95. The van der Waals surface area contributed by atoms with E-state index in [1.807, 2.05) is 0 Å². The molecular weight excluding hydrogens is 267 g/mol. The zero-order chi connectivity index (χ0) is 14.8. The van der Waals surface area contributed by atoms with Gasteiger partial charge in [-0.1, -0.05) is 18.2 Å². The zero-order valence-electron chi connectivity index (χ0n) is 11.4. The number of rotatable bonds is 4. The van der Waals surface area contributed by atoms with Gasteiger partial charge in [-0.05, 0) is 37.9 Å². The van der Waals surface area contributed by atoms with Crippen LogP contribution in [0, 0.1) is 0 Å². The molecule has 0 saturated carbocycles. The molecular formula is C15H18F3NO. The van der Waals surface area contributed by atoms with E-state index in [0.717, 1.165) is 25.5 Å². The number of nitrogens with zero attached hydrogens (tertiary/aromatic N) is 1. The summed E-state index contributed by atoms with van der Waals surface area (Å²) in [5.41, 5.74) is 0.0348. The highest BCUT2D eigenvalue weighted by Crippen LogP contribution is 2.30. The van der Waals surface area contributed by atoms with Gasteiger partial charge in [-0.2, -0.15) is 13.2 Å². The molecule has 1 aromatic carbocycles. The summed E-state index contributed by atoms with van der Waals surface area (Å²) in [5, 5.41) is 0. The van der Waals surface area contributed by atoms with Crippen molar-refractivity contribution in [3.8, 4) is 0 Å². The van der Waals surface area contributed by atoms with Crippen LogP contribution in [0.2, 0.25) is 0 Å². The van der Waals surface area contributed by atoms with E-state index in [0.29, 0.717) is 18.5 Å². The van der Waals surface area contributed by atoms with Crippen molar-refractivity contribution in [1.82, 2.24) is 4.90 Å². The van der Waals surface area contributed by atoms with Crippen molar-refractivity contribution in [2.24, 2.45) is 0 Å². The van der Waals surface area contributed by atoms with Gasteiger partial charge in [0.1, 0.15) is 5.78 Å². The number of ketones is 1. The molecule has 1 unspecified atom stereocenters. The highest BCUT2D eigenvalue weighted by atomic mass is 19.4. The summed E-state index contributed by atoms with van der Waals surface area (Å²) in [6.07, 6.45) is -1.88. The fourth-order valence-corrected chi connectivity index (χ4v) is 2.75. The summed E-state index contributed by atoms with van der Waals surface area (Å²) in [7, 11) is 0. The molecule has 1 aliphatic rings. The first-order valence-electron chi connectivity index (χ1n) is 6.76. The molecule has 1 aromatic rings. The van der Waals surface area contributed by atoms with E-state index < -0.39 is 11.7 Å². The first kappa shape index (κ1) is 15.0. The Morgan fingerprint density at radius 1 is 1.40 bits per heavy atom. The van der Waals surface area contributed by atoms with Crippen molar-refractivity contribution in [2.75, 3.05) is 6.54 Å². The van der Waals surface area contributed by atoms with Crippen molar-refractivity contribution < 1.29 is 18.0 Å². The van der Waals surface area contributed by atoms with E-state index in [9.17, 15) is 18.0 Å². The van der Waals surface area contributed by atoms with Gasteiger partial charge in [0.2, 0.25) is 0 Å². The first-order chi connectivity index (χ1) is 9.36. The maximum Gasteiger partial charge on any atom is 0.416 e. The number of hydrogen-bond acceptors (Lipinski definition) is 2. The van der Waals surface area contributed by atoms with Gasteiger partial charge in [-0.3, -0.25) is 9.69 Å².